The van der Waals surface area contributed by atoms with E-state index in [2.05, 4.69) is 15.2 Å². The van der Waals surface area contributed by atoms with E-state index in [4.69, 9.17) is 11.6 Å². The number of hydrogen-bond acceptors (Lipinski definition) is 5. The lowest BCUT2D eigenvalue weighted by Crippen LogP contribution is -2.47. The van der Waals surface area contributed by atoms with Crippen molar-refractivity contribution < 1.29 is 14.3 Å². The molecule has 2 rings (SSSR count). The maximum Gasteiger partial charge on any atom is 0.328 e. The Kier molecular flexibility index (Phi) is 6.52. The summed E-state index contributed by atoms with van der Waals surface area (Å²) in [6, 6.07) is 9.14. The van der Waals surface area contributed by atoms with Gasteiger partial charge in [-0.05, 0) is 18.1 Å². The first kappa shape index (κ1) is 19.7. The van der Waals surface area contributed by atoms with Crippen molar-refractivity contribution in [1.82, 2.24) is 15.1 Å². The van der Waals surface area contributed by atoms with E-state index in [1.165, 1.54) is 13.2 Å². The minimum Gasteiger partial charge on any atom is -0.467 e. The smallest absolute Gasteiger partial charge is 0.328 e. The summed E-state index contributed by atoms with van der Waals surface area (Å²) in [4.78, 5) is 36.0. The molecule has 0 saturated carbocycles. The van der Waals surface area contributed by atoms with Crippen molar-refractivity contribution in [2.75, 3.05) is 7.11 Å². The lowest BCUT2D eigenvalue weighted by molar-refractivity contribution is -0.146. The largest absolute Gasteiger partial charge is 0.467 e. The zero-order valence-corrected chi connectivity index (χ0v) is 15.5. The minimum atomic E-state index is -0.796. The summed E-state index contributed by atoms with van der Waals surface area (Å²) < 4.78 is 5.72. The van der Waals surface area contributed by atoms with Crippen LogP contribution in [-0.4, -0.2) is 34.8 Å². The molecule has 0 spiro atoms. The molecule has 7 nitrogen and oxygen atoms in total. The lowest BCUT2D eigenvalue weighted by Gasteiger charge is -2.19. The van der Waals surface area contributed by atoms with E-state index in [1.807, 2.05) is 0 Å². The maximum atomic E-state index is 12.3. The first-order valence-corrected chi connectivity index (χ1v) is 8.41. The van der Waals surface area contributed by atoms with E-state index in [0.717, 1.165) is 4.68 Å². The summed E-state index contributed by atoms with van der Waals surface area (Å²) in [5, 5.41) is 7.26. The summed E-state index contributed by atoms with van der Waals surface area (Å²) in [5.74, 6) is -1.22. The molecule has 0 saturated heterocycles. The topological polar surface area (TPSA) is 90.3 Å². The van der Waals surface area contributed by atoms with Crippen LogP contribution in [0.1, 0.15) is 13.8 Å². The van der Waals surface area contributed by atoms with Gasteiger partial charge >= 0.3 is 5.97 Å². The summed E-state index contributed by atoms with van der Waals surface area (Å²) in [5.41, 5.74) is 0.685. The molecule has 0 radical (unpaired) electrons. The number of halogens is 1. The summed E-state index contributed by atoms with van der Waals surface area (Å²) in [6.07, 6.45) is 0. The van der Waals surface area contributed by atoms with E-state index in [-0.39, 0.29) is 12.5 Å². The van der Waals surface area contributed by atoms with Crippen molar-refractivity contribution >= 4 is 23.5 Å². The molecular formula is C18H20ClN3O4. The SMILES string of the molecule is COC(=O)[C@@H](NC(=O)Cn1nc(-c2ccccc2Cl)ccc1=O)C(C)C. The van der Waals surface area contributed by atoms with Crippen LogP contribution in [0.3, 0.4) is 0 Å². The van der Waals surface area contributed by atoms with Crippen molar-refractivity contribution in [2.45, 2.75) is 26.4 Å². The molecule has 1 aromatic heterocycles. The number of aromatic nitrogens is 2. The van der Waals surface area contributed by atoms with Gasteiger partial charge in [0.1, 0.15) is 12.6 Å². The number of carbonyl (C=O) groups excluding carboxylic acids is 2. The molecule has 138 valence electrons. The van der Waals surface area contributed by atoms with Crippen LogP contribution in [0, 0.1) is 5.92 Å². The van der Waals surface area contributed by atoms with E-state index >= 15 is 0 Å². The molecule has 1 amide bonds. The molecule has 0 bridgehead atoms. The summed E-state index contributed by atoms with van der Waals surface area (Å²) in [7, 11) is 1.25. The van der Waals surface area contributed by atoms with Crippen molar-refractivity contribution in [3.8, 4) is 11.3 Å². The highest BCUT2D eigenvalue weighted by molar-refractivity contribution is 6.33. The third-order valence-electron chi connectivity index (χ3n) is 3.75. The van der Waals surface area contributed by atoms with Gasteiger partial charge in [-0.15, -0.1) is 0 Å². The van der Waals surface area contributed by atoms with E-state index in [0.29, 0.717) is 16.3 Å². The molecule has 1 N–H and O–H groups in total. The highest BCUT2D eigenvalue weighted by atomic mass is 35.5. The quantitative estimate of drug-likeness (QED) is 0.776. The highest BCUT2D eigenvalue weighted by Crippen LogP contribution is 2.24. The Bertz CT molecular complexity index is 864. The van der Waals surface area contributed by atoms with Gasteiger partial charge in [0.25, 0.3) is 5.56 Å². The Hall–Kier alpha value is -2.67. The summed E-state index contributed by atoms with van der Waals surface area (Å²) in [6.45, 7) is 3.24. The van der Waals surface area contributed by atoms with Crippen LogP contribution in [0.15, 0.2) is 41.2 Å². The Labute approximate surface area is 155 Å². The number of hydrogen-bond donors (Lipinski definition) is 1. The number of nitrogens with zero attached hydrogens (tertiary/aromatic N) is 2. The molecule has 0 aliphatic heterocycles. The molecule has 1 heterocycles. The molecule has 8 heteroatoms. The predicted molar refractivity (Wildman–Crippen MR) is 97.7 cm³/mol. The van der Waals surface area contributed by atoms with E-state index in [1.54, 1.807) is 44.2 Å². The maximum absolute atomic E-state index is 12.3. The normalized spacial score (nSPS) is 11.9. The first-order chi connectivity index (χ1) is 12.3. The van der Waals surface area contributed by atoms with Crippen molar-refractivity contribution in [3.05, 3.63) is 51.8 Å². The van der Waals surface area contributed by atoms with Gasteiger partial charge in [0.2, 0.25) is 5.91 Å². The van der Waals surface area contributed by atoms with Crippen LogP contribution in [0.2, 0.25) is 5.02 Å². The number of benzene rings is 1. The van der Waals surface area contributed by atoms with Crippen LogP contribution < -0.4 is 10.9 Å². The number of methoxy groups -OCH3 is 1. The standard InChI is InChI=1S/C18H20ClN3O4/c1-11(2)17(18(25)26-3)20-15(23)10-22-16(24)9-8-14(21-22)12-6-4-5-7-13(12)19/h4-9,11,17H,10H2,1-3H3,(H,20,23)/t17-/m0/s1. The van der Waals surface area contributed by atoms with E-state index < -0.39 is 23.5 Å². The highest BCUT2D eigenvalue weighted by Gasteiger charge is 2.25. The minimum absolute atomic E-state index is 0.162. The van der Waals surface area contributed by atoms with Crippen LogP contribution in [-0.2, 0) is 20.9 Å². The Morgan fingerprint density at radius 2 is 1.92 bits per heavy atom. The monoisotopic (exact) mass is 377 g/mol. The van der Waals surface area contributed by atoms with Gasteiger partial charge in [-0.1, -0.05) is 43.6 Å². The second-order valence-electron chi connectivity index (χ2n) is 6.01. The third-order valence-corrected chi connectivity index (χ3v) is 4.08. The molecule has 0 unspecified atom stereocenters. The molecule has 26 heavy (non-hydrogen) atoms. The van der Waals surface area contributed by atoms with Crippen molar-refractivity contribution in [3.63, 3.8) is 0 Å². The van der Waals surface area contributed by atoms with Gasteiger partial charge in [0.15, 0.2) is 0 Å². The van der Waals surface area contributed by atoms with Crippen LogP contribution in [0.25, 0.3) is 11.3 Å². The Morgan fingerprint density at radius 1 is 1.23 bits per heavy atom. The molecule has 0 aliphatic carbocycles. The van der Waals surface area contributed by atoms with Crippen LogP contribution in [0.5, 0.6) is 0 Å². The van der Waals surface area contributed by atoms with Crippen molar-refractivity contribution in [2.24, 2.45) is 5.92 Å². The number of amides is 1. The van der Waals surface area contributed by atoms with Crippen LogP contribution in [0.4, 0.5) is 0 Å². The molecular weight excluding hydrogens is 358 g/mol. The van der Waals surface area contributed by atoms with Gasteiger partial charge in [-0.3, -0.25) is 9.59 Å². The van der Waals surface area contributed by atoms with Gasteiger partial charge in [-0.25, -0.2) is 9.48 Å². The lowest BCUT2D eigenvalue weighted by atomic mass is 10.0. The van der Waals surface area contributed by atoms with Gasteiger partial charge in [-0.2, -0.15) is 5.10 Å². The zero-order valence-electron chi connectivity index (χ0n) is 14.7. The fourth-order valence-corrected chi connectivity index (χ4v) is 2.59. The van der Waals surface area contributed by atoms with Crippen molar-refractivity contribution in [1.29, 1.82) is 0 Å². The average Bonchev–Trinajstić information content (AvgIpc) is 2.61. The number of nitrogens with one attached hydrogen (secondary N) is 1. The molecule has 1 atom stereocenters. The molecule has 0 fully saturated rings. The average molecular weight is 378 g/mol. The Balaban J connectivity index is 2.23. The number of carbonyl (C=O) groups is 2. The van der Waals surface area contributed by atoms with E-state index in [9.17, 15) is 14.4 Å². The van der Waals surface area contributed by atoms with Crippen LogP contribution >= 0.6 is 11.6 Å². The third kappa shape index (κ3) is 4.70. The van der Waals surface area contributed by atoms with Gasteiger partial charge in [0.05, 0.1) is 17.8 Å². The fourth-order valence-electron chi connectivity index (χ4n) is 2.35. The number of rotatable bonds is 6. The summed E-state index contributed by atoms with van der Waals surface area (Å²) >= 11 is 6.15. The molecule has 0 aliphatic rings. The van der Waals surface area contributed by atoms with Gasteiger partial charge in [0, 0.05) is 11.6 Å². The zero-order chi connectivity index (χ0) is 19.3. The fraction of sp³-hybridized carbons (Fsp3) is 0.333. The number of esters is 1. The predicted octanol–water partition coefficient (Wildman–Crippen LogP) is 1.88. The second-order valence-corrected chi connectivity index (χ2v) is 6.41. The number of ether oxygens (including phenoxy) is 1. The molecule has 1 aromatic carbocycles. The van der Waals surface area contributed by atoms with Gasteiger partial charge < -0.3 is 10.1 Å². The first-order valence-electron chi connectivity index (χ1n) is 8.03. The Morgan fingerprint density at radius 3 is 2.54 bits per heavy atom. The second kappa shape index (κ2) is 8.62. The molecule has 2 aromatic rings.